The van der Waals surface area contributed by atoms with Crippen molar-refractivity contribution in [1.82, 2.24) is 5.32 Å². The normalized spacial score (nSPS) is 20.5. The van der Waals surface area contributed by atoms with E-state index in [1.165, 1.54) is 0 Å². The fourth-order valence-electron chi connectivity index (χ4n) is 1.51. The molecule has 0 bridgehead atoms. The van der Waals surface area contributed by atoms with Gasteiger partial charge in [-0.05, 0) is 11.1 Å². The van der Waals surface area contributed by atoms with Gasteiger partial charge in [0, 0.05) is 6.54 Å². The summed E-state index contributed by atoms with van der Waals surface area (Å²) in [5, 5.41) is 13.5. The number of nitrogens with one attached hydrogen (secondary N) is 1. The van der Waals surface area contributed by atoms with Crippen LogP contribution in [-0.2, 0) is 11.3 Å². The summed E-state index contributed by atoms with van der Waals surface area (Å²) in [4.78, 5) is 10.6. The Morgan fingerprint density at radius 1 is 1.50 bits per heavy atom. The van der Waals surface area contributed by atoms with E-state index >= 15 is 0 Å². The molecule has 1 heterocycles. The third kappa shape index (κ3) is 0.987. The van der Waals surface area contributed by atoms with Gasteiger partial charge in [0.05, 0.1) is 12.0 Å². The summed E-state index contributed by atoms with van der Waals surface area (Å²) in [6, 6.07) is 6.85. The fraction of sp³-hybridized carbons (Fsp3) is 0.222. The molecule has 1 aromatic carbocycles. The van der Waals surface area contributed by atoms with Gasteiger partial charge in [0.25, 0.3) is 0 Å². The maximum absolute atomic E-state index is 10.6. The SMILES string of the molecule is O=C([O-])C1NCc2ccccc21. The predicted molar refractivity (Wildman–Crippen MR) is 41.0 cm³/mol. The van der Waals surface area contributed by atoms with Crippen LogP contribution in [0.15, 0.2) is 24.3 Å². The van der Waals surface area contributed by atoms with Gasteiger partial charge in [-0.15, -0.1) is 0 Å². The maximum atomic E-state index is 10.6. The topological polar surface area (TPSA) is 52.2 Å². The van der Waals surface area contributed by atoms with Crippen molar-refractivity contribution in [3.05, 3.63) is 35.4 Å². The van der Waals surface area contributed by atoms with E-state index in [1.54, 1.807) is 0 Å². The van der Waals surface area contributed by atoms with Gasteiger partial charge in [-0.1, -0.05) is 24.3 Å². The molecule has 1 unspecified atom stereocenters. The number of hydrogen-bond acceptors (Lipinski definition) is 3. The number of benzene rings is 1. The lowest BCUT2D eigenvalue weighted by molar-refractivity contribution is -0.308. The van der Waals surface area contributed by atoms with Crippen molar-refractivity contribution in [1.29, 1.82) is 0 Å². The van der Waals surface area contributed by atoms with Crippen LogP contribution in [0.2, 0.25) is 0 Å². The van der Waals surface area contributed by atoms with Crippen molar-refractivity contribution in [2.24, 2.45) is 0 Å². The van der Waals surface area contributed by atoms with Crippen LogP contribution in [0.1, 0.15) is 17.2 Å². The lowest BCUT2D eigenvalue weighted by atomic mass is 10.1. The first kappa shape index (κ1) is 7.31. The van der Waals surface area contributed by atoms with Crippen molar-refractivity contribution in [3.63, 3.8) is 0 Å². The summed E-state index contributed by atoms with van der Waals surface area (Å²) in [7, 11) is 0. The number of fused-ring (bicyclic) bond motifs is 1. The van der Waals surface area contributed by atoms with E-state index in [-0.39, 0.29) is 0 Å². The zero-order valence-corrected chi connectivity index (χ0v) is 6.41. The number of carboxylic acids is 1. The summed E-state index contributed by atoms with van der Waals surface area (Å²) in [6.45, 7) is 0.620. The van der Waals surface area contributed by atoms with Crippen LogP contribution in [-0.4, -0.2) is 5.97 Å². The van der Waals surface area contributed by atoms with Crippen molar-refractivity contribution >= 4 is 5.97 Å². The molecule has 0 radical (unpaired) electrons. The number of hydrogen-bond donors (Lipinski definition) is 1. The molecular formula is C9H8NO2-. The first-order valence-electron chi connectivity index (χ1n) is 3.81. The van der Waals surface area contributed by atoms with Gasteiger partial charge in [0.1, 0.15) is 0 Å². The monoisotopic (exact) mass is 162 g/mol. The lowest BCUT2D eigenvalue weighted by Crippen LogP contribution is -2.34. The molecule has 2 rings (SSSR count). The van der Waals surface area contributed by atoms with Gasteiger partial charge in [-0.25, -0.2) is 0 Å². The Hall–Kier alpha value is -1.35. The highest BCUT2D eigenvalue weighted by atomic mass is 16.4. The summed E-state index contributed by atoms with van der Waals surface area (Å²) in [5.74, 6) is -1.06. The van der Waals surface area contributed by atoms with Crippen LogP contribution in [0.3, 0.4) is 0 Å². The molecule has 3 heteroatoms. The molecule has 0 fully saturated rings. The van der Waals surface area contributed by atoms with E-state index in [2.05, 4.69) is 5.32 Å². The highest BCUT2D eigenvalue weighted by molar-refractivity contribution is 5.75. The minimum Gasteiger partial charge on any atom is -0.548 e. The van der Waals surface area contributed by atoms with Gasteiger partial charge < -0.3 is 15.2 Å². The van der Waals surface area contributed by atoms with Crippen molar-refractivity contribution in [2.45, 2.75) is 12.6 Å². The Morgan fingerprint density at radius 2 is 2.25 bits per heavy atom. The Balaban J connectivity index is 2.42. The van der Waals surface area contributed by atoms with Crippen molar-refractivity contribution < 1.29 is 9.90 Å². The lowest BCUT2D eigenvalue weighted by Gasteiger charge is -2.12. The molecule has 0 aliphatic carbocycles. The highest BCUT2D eigenvalue weighted by Gasteiger charge is 2.21. The third-order valence-electron chi connectivity index (χ3n) is 2.10. The number of aliphatic carboxylic acids is 1. The molecule has 0 spiro atoms. The highest BCUT2D eigenvalue weighted by Crippen LogP contribution is 2.23. The van der Waals surface area contributed by atoms with Crippen LogP contribution in [0.4, 0.5) is 0 Å². The summed E-state index contributed by atoms with van der Waals surface area (Å²) >= 11 is 0. The first-order valence-corrected chi connectivity index (χ1v) is 3.81. The van der Waals surface area contributed by atoms with Crippen molar-refractivity contribution in [2.75, 3.05) is 0 Å². The van der Waals surface area contributed by atoms with Crippen LogP contribution in [0.25, 0.3) is 0 Å². The first-order chi connectivity index (χ1) is 5.79. The van der Waals surface area contributed by atoms with Crippen LogP contribution < -0.4 is 10.4 Å². The number of carbonyl (C=O) groups excluding carboxylic acids is 1. The van der Waals surface area contributed by atoms with E-state index < -0.39 is 12.0 Å². The second-order valence-corrected chi connectivity index (χ2v) is 2.83. The van der Waals surface area contributed by atoms with E-state index in [1.807, 2.05) is 24.3 Å². The van der Waals surface area contributed by atoms with Gasteiger partial charge in [-0.3, -0.25) is 0 Å². The minimum absolute atomic E-state index is 0.620. The molecule has 0 saturated carbocycles. The summed E-state index contributed by atoms with van der Waals surface area (Å²) < 4.78 is 0. The molecule has 1 N–H and O–H groups in total. The van der Waals surface area contributed by atoms with Crippen LogP contribution in [0, 0.1) is 0 Å². The van der Waals surface area contributed by atoms with Gasteiger partial charge in [-0.2, -0.15) is 0 Å². The molecule has 1 atom stereocenters. The van der Waals surface area contributed by atoms with E-state index in [0.717, 1.165) is 11.1 Å². The summed E-state index contributed by atoms with van der Waals surface area (Å²) in [5.41, 5.74) is 1.88. The van der Waals surface area contributed by atoms with Gasteiger partial charge >= 0.3 is 0 Å². The fourth-order valence-corrected chi connectivity index (χ4v) is 1.51. The minimum atomic E-state index is -1.06. The number of carbonyl (C=O) groups is 1. The molecule has 1 aromatic rings. The van der Waals surface area contributed by atoms with Gasteiger partial charge in [0.15, 0.2) is 0 Å². The van der Waals surface area contributed by atoms with E-state index in [0.29, 0.717) is 6.54 Å². The average molecular weight is 162 g/mol. The van der Waals surface area contributed by atoms with E-state index in [4.69, 9.17) is 0 Å². The smallest absolute Gasteiger partial charge is 0.0729 e. The van der Waals surface area contributed by atoms with Crippen molar-refractivity contribution in [3.8, 4) is 0 Å². The Morgan fingerprint density at radius 3 is 3.00 bits per heavy atom. The maximum Gasteiger partial charge on any atom is 0.0729 e. The second-order valence-electron chi connectivity index (χ2n) is 2.83. The third-order valence-corrected chi connectivity index (χ3v) is 2.10. The molecule has 62 valence electrons. The molecule has 0 aromatic heterocycles. The molecule has 1 aliphatic heterocycles. The Bertz CT molecular complexity index is 322. The molecule has 1 aliphatic rings. The van der Waals surface area contributed by atoms with Crippen LogP contribution in [0.5, 0.6) is 0 Å². The number of rotatable bonds is 1. The number of carboxylic acid groups (broad SMARTS) is 1. The Labute approximate surface area is 70.0 Å². The van der Waals surface area contributed by atoms with Crippen LogP contribution >= 0.6 is 0 Å². The quantitative estimate of drug-likeness (QED) is 0.610. The molecule has 12 heavy (non-hydrogen) atoms. The Kier molecular flexibility index (Phi) is 1.59. The van der Waals surface area contributed by atoms with E-state index in [9.17, 15) is 9.90 Å². The molecule has 0 saturated heterocycles. The van der Waals surface area contributed by atoms with Gasteiger partial charge in [0.2, 0.25) is 0 Å². The second kappa shape index (κ2) is 2.60. The molecule has 3 nitrogen and oxygen atoms in total. The molecular weight excluding hydrogens is 154 g/mol. The zero-order chi connectivity index (χ0) is 8.55. The average Bonchev–Trinajstić information content (AvgIpc) is 2.47. The summed E-state index contributed by atoms with van der Waals surface area (Å²) in [6.07, 6.45) is 0. The predicted octanol–water partition coefficient (Wildman–Crippen LogP) is -0.419. The molecule has 0 amide bonds. The zero-order valence-electron chi connectivity index (χ0n) is 6.41. The standard InChI is InChI=1S/C9H9NO2/c11-9(12)8-7-4-2-1-3-6(7)5-10-8/h1-4,8,10H,5H2,(H,11,12)/p-1. The largest absolute Gasteiger partial charge is 0.548 e.